The monoisotopic (exact) mass is 348 g/mol. The number of pyridine rings is 1. The van der Waals surface area contributed by atoms with E-state index < -0.39 is 0 Å². The minimum atomic E-state index is -0.225. The zero-order chi connectivity index (χ0) is 18.3. The van der Waals surface area contributed by atoms with Crippen LogP contribution in [-0.4, -0.2) is 26.3 Å². The summed E-state index contributed by atoms with van der Waals surface area (Å²) in [4.78, 5) is 16.9. The van der Waals surface area contributed by atoms with Crippen LogP contribution in [-0.2, 0) is 13.5 Å². The minimum Gasteiger partial charge on any atom is -0.487 e. The molecule has 0 radical (unpaired) electrons. The van der Waals surface area contributed by atoms with Crippen LogP contribution in [0, 0.1) is 0 Å². The van der Waals surface area contributed by atoms with E-state index in [0.29, 0.717) is 11.4 Å². The molecule has 3 heterocycles. The molecule has 0 bridgehead atoms. The van der Waals surface area contributed by atoms with Crippen LogP contribution in [0.15, 0.2) is 48.9 Å². The van der Waals surface area contributed by atoms with Gasteiger partial charge in [0.05, 0.1) is 6.20 Å². The predicted octanol–water partition coefficient (Wildman–Crippen LogP) is 3.45. The second-order valence-electron chi connectivity index (χ2n) is 7.15. The maximum Gasteiger partial charge on any atom is 0.256 e. The summed E-state index contributed by atoms with van der Waals surface area (Å²) >= 11 is 0. The molecule has 0 fully saturated rings. The lowest BCUT2D eigenvalue weighted by atomic mass is 10.00. The molecule has 1 aromatic carbocycles. The van der Waals surface area contributed by atoms with E-state index in [1.165, 1.54) is 0 Å². The number of hydrogen-bond donors (Lipinski definition) is 1. The first kappa shape index (κ1) is 16.3. The molecule has 132 valence electrons. The number of ether oxygens (including phenoxy) is 1. The van der Waals surface area contributed by atoms with Crippen molar-refractivity contribution in [2.75, 3.05) is 5.32 Å². The van der Waals surface area contributed by atoms with E-state index in [9.17, 15) is 4.79 Å². The highest BCUT2D eigenvalue weighted by atomic mass is 16.5. The Kier molecular flexibility index (Phi) is 3.76. The Balaban J connectivity index is 1.54. The molecule has 6 nitrogen and oxygen atoms in total. The molecule has 26 heavy (non-hydrogen) atoms. The second kappa shape index (κ2) is 5.98. The van der Waals surface area contributed by atoms with Gasteiger partial charge in [-0.05, 0) is 55.3 Å². The summed E-state index contributed by atoms with van der Waals surface area (Å²) in [5.41, 5.74) is 3.35. The Morgan fingerprint density at radius 3 is 2.85 bits per heavy atom. The van der Waals surface area contributed by atoms with Gasteiger partial charge in [0.25, 0.3) is 5.91 Å². The van der Waals surface area contributed by atoms with E-state index in [-0.39, 0.29) is 11.5 Å². The third-order valence-electron chi connectivity index (χ3n) is 4.36. The summed E-state index contributed by atoms with van der Waals surface area (Å²) in [6.07, 6.45) is 6.17. The molecule has 6 heteroatoms. The number of nitrogens with zero attached hydrogens (tertiary/aromatic N) is 3. The zero-order valence-electron chi connectivity index (χ0n) is 15.0. The fourth-order valence-corrected chi connectivity index (χ4v) is 3.19. The van der Waals surface area contributed by atoms with Crippen LogP contribution in [0.5, 0.6) is 5.75 Å². The number of benzene rings is 1. The van der Waals surface area contributed by atoms with Crippen molar-refractivity contribution < 1.29 is 9.53 Å². The fourth-order valence-electron chi connectivity index (χ4n) is 3.19. The molecule has 1 aliphatic heterocycles. The molecule has 0 saturated carbocycles. The van der Waals surface area contributed by atoms with Crippen LogP contribution >= 0.6 is 0 Å². The molecule has 1 N–H and O–H groups in total. The topological polar surface area (TPSA) is 69.0 Å². The summed E-state index contributed by atoms with van der Waals surface area (Å²) in [5.74, 6) is 1.17. The standard InChI is InChI=1S/C20H20N4O2/c1-20(2)10-15-8-14(4-5-17(15)26-20)19(25)23-18-9-13(6-7-21-18)16-11-22-24(3)12-16/h4-9,11-12H,10H2,1-3H3,(H,21,23,25). The number of anilines is 1. The van der Waals surface area contributed by atoms with E-state index in [4.69, 9.17) is 4.74 Å². The molecule has 2 aromatic heterocycles. The van der Waals surface area contributed by atoms with Crippen LogP contribution in [0.2, 0.25) is 0 Å². The second-order valence-corrected chi connectivity index (χ2v) is 7.15. The van der Waals surface area contributed by atoms with Crippen molar-refractivity contribution in [3.63, 3.8) is 0 Å². The highest BCUT2D eigenvalue weighted by Gasteiger charge is 2.30. The summed E-state index contributed by atoms with van der Waals surface area (Å²) < 4.78 is 7.60. The van der Waals surface area contributed by atoms with E-state index in [2.05, 4.69) is 15.4 Å². The summed E-state index contributed by atoms with van der Waals surface area (Å²) in [5, 5.41) is 7.04. The lowest BCUT2D eigenvalue weighted by molar-refractivity contribution is 0.102. The van der Waals surface area contributed by atoms with Crippen molar-refractivity contribution >= 4 is 11.7 Å². The van der Waals surface area contributed by atoms with Gasteiger partial charge >= 0.3 is 0 Å². The van der Waals surface area contributed by atoms with Gasteiger partial charge in [-0.25, -0.2) is 4.98 Å². The Morgan fingerprint density at radius 1 is 1.23 bits per heavy atom. The molecule has 4 rings (SSSR count). The third kappa shape index (κ3) is 3.18. The Morgan fingerprint density at radius 2 is 2.08 bits per heavy atom. The van der Waals surface area contributed by atoms with Crippen molar-refractivity contribution in [1.29, 1.82) is 0 Å². The number of aryl methyl sites for hydroxylation is 1. The lowest BCUT2D eigenvalue weighted by Crippen LogP contribution is -2.24. The number of fused-ring (bicyclic) bond motifs is 1. The van der Waals surface area contributed by atoms with Gasteiger partial charge in [-0.1, -0.05) is 0 Å². The Hall–Kier alpha value is -3.15. The average molecular weight is 348 g/mol. The first-order valence-electron chi connectivity index (χ1n) is 8.48. The van der Waals surface area contributed by atoms with Crippen LogP contribution in [0.3, 0.4) is 0 Å². The number of amides is 1. The number of aromatic nitrogens is 3. The molecule has 3 aromatic rings. The quantitative estimate of drug-likeness (QED) is 0.787. The Bertz CT molecular complexity index is 991. The largest absolute Gasteiger partial charge is 0.487 e. The number of nitrogens with one attached hydrogen (secondary N) is 1. The molecule has 1 aliphatic rings. The normalized spacial score (nSPS) is 14.6. The summed E-state index contributed by atoms with van der Waals surface area (Å²) in [6, 6.07) is 9.26. The molecule has 0 spiro atoms. The molecule has 0 unspecified atom stereocenters. The van der Waals surface area contributed by atoms with Gasteiger partial charge in [-0.2, -0.15) is 5.10 Å². The molecular weight excluding hydrogens is 328 g/mol. The van der Waals surface area contributed by atoms with E-state index in [0.717, 1.165) is 28.9 Å². The van der Waals surface area contributed by atoms with Gasteiger partial charge in [-0.3, -0.25) is 9.48 Å². The number of rotatable bonds is 3. The maximum atomic E-state index is 12.6. The highest BCUT2D eigenvalue weighted by Crippen LogP contribution is 2.35. The Labute approximate surface area is 151 Å². The maximum absolute atomic E-state index is 12.6. The number of carbonyl (C=O) groups is 1. The van der Waals surface area contributed by atoms with Gasteiger partial charge in [0.2, 0.25) is 0 Å². The molecular formula is C20H20N4O2. The van der Waals surface area contributed by atoms with Crippen LogP contribution < -0.4 is 10.1 Å². The predicted molar refractivity (Wildman–Crippen MR) is 99.2 cm³/mol. The number of hydrogen-bond acceptors (Lipinski definition) is 4. The van der Waals surface area contributed by atoms with E-state index >= 15 is 0 Å². The van der Waals surface area contributed by atoms with Crippen molar-refractivity contribution in [2.24, 2.45) is 7.05 Å². The van der Waals surface area contributed by atoms with Crippen LogP contribution in [0.25, 0.3) is 11.1 Å². The summed E-state index contributed by atoms with van der Waals surface area (Å²) in [6.45, 7) is 4.08. The van der Waals surface area contributed by atoms with E-state index in [1.54, 1.807) is 23.1 Å². The van der Waals surface area contributed by atoms with Crippen LogP contribution in [0.4, 0.5) is 5.82 Å². The first-order valence-corrected chi connectivity index (χ1v) is 8.48. The van der Waals surface area contributed by atoms with Gasteiger partial charge in [0, 0.05) is 37.0 Å². The molecule has 0 atom stereocenters. The average Bonchev–Trinajstić information content (AvgIpc) is 3.15. The SMILES string of the molecule is Cn1cc(-c2ccnc(NC(=O)c3ccc4c(c3)CC(C)(C)O4)c2)cn1. The van der Waals surface area contributed by atoms with E-state index in [1.807, 2.05) is 51.4 Å². The lowest BCUT2D eigenvalue weighted by Gasteiger charge is -2.16. The number of carbonyl (C=O) groups excluding carboxylic acids is 1. The van der Waals surface area contributed by atoms with Crippen molar-refractivity contribution in [2.45, 2.75) is 25.9 Å². The van der Waals surface area contributed by atoms with Crippen LogP contribution in [0.1, 0.15) is 29.8 Å². The third-order valence-corrected chi connectivity index (χ3v) is 4.36. The highest BCUT2D eigenvalue weighted by molar-refractivity contribution is 6.04. The molecule has 0 saturated heterocycles. The zero-order valence-corrected chi connectivity index (χ0v) is 15.0. The van der Waals surface area contributed by atoms with Gasteiger partial charge in [0.1, 0.15) is 17.2 Å². The van der Waals surface area contributed by atoms with Crippen molar-refractivity contribution in [3.05, 3.63) is 60.0 Å². The minimum absolute atomic E-state index is 0.187. The fraction of sp³-hybridized carbons (Fsp3) is 0.250. The van der Waals surface area contributed by atoms with Gasteiger partial charge in [0.15, 0.2) is 0 Å². The van der Waals surface area contributed by atoms with Crippen molar-refractivity contribution in [3.8, 4) is 16.9 Å². The van der Waals surface area contributed by atoms with Gasteiger partial charge < -0.3 is 10.1 Å². The van der Waals surface area contributed by atoms with Gasteiger partial charge in [-0.15, -0.1) is 0 Å². The smallest absolute Gasteiger partial charge is 0.256 e. The molecule has 0 aliphatic carbocycles. The van der Waals surface area contributed by atoms with Crippen molar-refractivity contribution in [1.82, 2.24) is 14.8 Å². The first-order chi connectivity index (χ1) is 12.4. The molecule has 1 amide bonds. The summed E-state index contributed by atoms with van der Waals surface area (Å²) in [7, 11) is 1.87.